The highest BCUT2D eigenvalue weighted by Gasteiger charge is 2.36. The van der Waals surface area contributed by atoms with Gasteiger partial charge in [0.05, 0.1) is 0 Å². The number of hydrogen-bond acceptors (Lipinski definition) is 19. The summed E-state index contributed by atoms with van der Waals surface area (Å²) < 4.78 is 0. The third kappa shape index (κ3) is 53.6. The summed E-state index contributed by atoms with van der Waals surface area (Å²) in [7, 11) is 0. The van der Waals surface area contributed by atoms with Crippen molar-refractivity contribution in [3.63, 3.8) is 0 Å². The van der Waals surface area contributed by atoms with E-state index in [-0.39, 0.29) is 235 Å². The highest BCUT2D eigenvalue weighted by molar-refractivity contribution is 5.99. The number of guanidine groups is 9. The summed E-state index contributed by atoms with van der Waals surface area (Å²) in [6.07, 6.45) is 8.73. The minimum atomic E-state index is -1.58. The zero-order chi connectivity index (χ0) is 85.1. The molecule has 0 aliphatic heterocycles. The Kier molecular flexibility index (Phi) is 54.5. The Morgan fingerprint density at radius 2 is 0.354 bits per heavy atom. The van der Waals surface area contributed by atoms with Gasteiger partial charge in [-0.3, -0.25) is 92.9 Å². The molecule has 0 aromatic carbocycles. The molecule has 0 aliphatic carbocycles. The van der Waals surface area contributed by atoms with E-state index < -0.39 is 113 Å². The van der Waals surface area contributed by atoms with Crippen molar-refractivity contribution >= 4 is 113 Å². The minimum absolute atomic E-state index is 0.000706. The molecule has 0 fully saturated rings. The van der Waals surface area contributed by atoms with Crippen molar-refractivity contribution in [2.24, 2.45) is 154 Å². The average Bonchev–Trinajstić information content (AvgIpc) is 0.856. The summed E-state index contributed by atoms with van der Waals surface area (Å²) in [6.45, 7) is 2.02. The summed E-state index contributed by atoms with van der Waals surface area (Å²) in [5.41, 5.74) is 106. The molecule has 113 heavy (non-hydrogen) atoms. The van der Waals surface area contributed by atoms with Crippen LogP contribution in [0.3, 0.4) is 0 Å². The molecule has 0 aromatic rings. The molecule has 47 heteroatoms. The molecule has 0 unspecified atom stereocenters. The monoisotopic (exact) mass is 1600 g/mol. The number of rotatable bonds is 64. The molecule has 0 bridgehead atoms. The topological polar surface area (TPSA) is 885 Å². The fraction of sp³-hybridized carbons (Fsp3) is 0.712. The zero-order valence-corrected chi connectivity index (χ0v) is 65.4. The van der Waals surface area contributed by atoms with Gasteiger partial charge < -0.3 is 157 Å². The van der Waals surface area contributed by atoms with Gasteiger partial charge in [0.25, 0.3) is 0 Å². The number of amides is 10. The maximum atomic E-state index is 15.0. The predicted molar refractivity (Wildman–Crippen MR) is 438 cm³/mol. The van der Waals surface area contributed by atoms with Gasteiger partial charge in [-0.1, -0.05) is 58.3 Å². The minimum Gasteiger partial charge on any atom is -0.370 e. The Balaban J connectivity index is 7.89. The average molecular weight is 1610 g/mol. The van der Waals surface area contributed by atoms with Crippen LogP contribution in [0, 0.1) is 0 Å². The van der Waals surface area contributed by atoms with E-state index in [2.05, 4.69) is 99.7 Å². The standard InChI is InChI=1S/C66H133N37O10/c1-2-3-4-5-6-7-8-9-10-29-48(104)95-40(21-12-31-87-59(70)71)50(106)97-42(23-14-33-89-61(74)75)52(108)99-44(25-16-35-91-63(78)79)54(110)101-46(27-18-37-93-65(82)83)56(112)103-47(28-19-38-94-66(84)85)57(113)102-45(26-17-36-92-64(80)81)55(111)100-43(24-15-34-90-62(76)77)53(109)98-41(22-13-32-88-60(72)73)51(107)96-39(49(67)105)20-11-30-86-58(68)69/h39-47H,2-38H2,1H3,(H2,67,105)(H,95,104)(H,96,107)(H,97,106)(H,98,109)(H,99,108)(H,100,111)(H,101,110)(H,102,113)(H,103,112)(H4,68,69,86)(H4,70,71,87)(H4,72,73,88)(H4,74,75,89)(H4,76,77,90)(H4,78,79,91)(H4,80,81,92)(H4,82,83,93)(H4,84,85,94)/t39-,40-,41-,42-,43-,44-,45-,46-,47-/m0/s1. The maximum absolute atomic E-state index is 15.0. The molecule has 642 valence electrons. The van der Waals surface area contributed by atoms with Crippen LogP contribution < -0.4 is 157 Å². The maximum Gasteiger partial charge on any atom is 0.243 e. The van der Waals surface area contributed by atoms with Crippen LogP contribution >= 0.6 is 0 Å². The highest BCUT2D eigenvalue weighted by Crippen LogP contribution is 2.15. The molecule has 10 amide bonds. The van der Waals surface area contributed by atoms with Crippen LogP contribution in [-0.4, -0.2) is 226 Å². The summed E-state index contributed by atoms with van der Waals surface area (Å²) >= 11 is 0. The van der Waals surface area contributed by atoms with Crippen LogP contribution in [0.2, 0.25) is 0 Å². The molecule has 0 saturated heterocycles. The number of primary amides is 1. The highest BCUT2D eigenvalue weighted by atomic mass is 16.2. The normalized spacial score (nSPS) is 13.1. The lowest BCUT2D eigenvalue weighted by molar-refractivity contribution is -0.136. The van der Waals surface area contributed by atoms with Crippen molar-refractivity contribution in [1.82, 2.24) is 47.9 Å². The lowest BCUT2D eigenvalue weighted by atomic mass is 10.0. The lowest BCUT2D eigenvalue weighted by Gasteiger charge is -2.28. The number of carbonyl (C=O) groups is 10. The van der Waals surface area contributed by atoms with Gasteiger partial charge in [0, 0.05) is 65.3 Å². The fourth-order valence-corrected chi connectivity index (χ4v) is 11.0. The first-order valence-corrected chi connectivity index (χ1v) is 38.1. The van der Waals surface area contributed by atoms with Crippen molar-refractivity contribution in [1.29, 1.82) is 0 Å². The Hall–Kier alpha value is -11.9. The van der Waals surface area contributed by atoms with E-state index >= 15 is 0 Å². The number of aliphatic imine (C=N–C) groups is 9. The number of nitrogens with zero attached hydrogens (tertiary/aromatic N) is 9. The second-order valence-electron chi connectivity index (χ2n) is 26.6. The lowest BCUT2D eigenvalue weighted by Crippen LogP contribution is -2.60. The van der Waals surface area contributed by atoms with Gasteiger partial charge in [-0.25, -0.2) is 0 Å². The summed E-state index contributed by atoms with van der Waals surface area (Å²) in [5, 5.41) is 24.1. The molecule has 0 rings (SSSR count). The van der Waals surface area contributed by atoms with E-state index in [0.717, 1.165) is 38.5 Å². The molecule has 0 aromatic heterocycles. The van der Waals surface area contributed by atoms with E-state index in [9.17, 15) is 47.9 Å². The van der Waals surface area contributed by atoms with Gasteiger partial charge in [0.1, 0.15) is 54.4 Å². The number of nitrogens with one attached hydrogen (secondary N) is 9. The first kappa shape index (κ1) is 101. The zero-order valence-electron chi connectivity index (χ0n) is 65.4. The number of nitrogens with two attached hydrogens (primary N) is 19. The van der Waals surface area contributed by atoms with Gasteiger partial charge in [0.15, 0.2) is 53.6 Å². The van der Waals surface area contributed by atoms with Crippen molar-refractivity contribution in [3.8, 4) is 0 Å². The van der Waals surface area contributed by atoms with E-state index in [4.69, 9.17) is 109 Å². The molecule has 0 aliphatic rings. The van der Waals surface area contributed by atoms with Crippen LogP contribution in [0.5, 0.6) is 0 Å². The first-order valence-electron chi connectivity index (χ1n) is 38.1. The molecular weight excluding hydrogens is 1470 g/mol. The number of hydrogen-bond donors (Lipinski definition) is 28. The fourth-order valence-electron chi connectivity index (χ4n) is 11.0. The molecule has 0 saturated carbocycles. The Bertz CT molecular complexity index is 3160. The van der Waals surface area contributed by atoms with Crippen molar-refractivity contribution < 1.29 is 47.9 Å². The summed E-state index contributed by atoms with van der Waals surface area (Å²) in [5.74, 6) is -11.0. The smallest absolute Gasteiger partial charge is 0.243 e. The van der Waals surface area contributed by atoms with E-state index in [1.54, 1.807) is 0 Å². The molecule has 0 spiro atoms. The van der Waals surface area contributed by atoms with E-state index in [0.29, 0.717) is 6.42 Å². The van der Waals surface area contributed by atoms with Crippen LogP contribution in [0.4, 0.5) is 0 Å². The van der Waals surface area contributed by atoms with Gasteiger partial charge in [-0.15, -0.1) is 0 Å². The Morgan fingerprint density at radius 3 is 0.522 bits per heavy atom. The van der Waals surface area contributed by atoms with Crippen LogP contribution in [0.1, 0.15) is 187 Å². The van der Waals surface area contributed by atoms with E-state index in [1.165, 1.54) is 12.8 Å². The van der Waals surface area contributed by atoms with Crippen molar-refractivity contribution in [2.75, 3.05) is 58.9 Å². The Morgan fingerprint density at radius 1 is 0.204 bits per heavy atom. The SMILES string of the molecule is CCCCCCCCCCCC(=O)N[C@@H](CCCN=C(N)N)C(=O)N[C@@H](CCCN=C(N)N)C(=O)N[C@@H](CCCN=C(N)N)C(=O)N[C@@H](CCCN=C(N)N)C(=O)N[C@@H](CCCN=C(N)N)C(=O)N[C@@H](CCCN=C(N)N)C(=O)N[C@@H](CCCN=C(N)N)C(=O)N[C@@H](CCCN=C(N)N)C(=O)N[C@@H](CCCN=C(N)N)C(N)=O. The summed E-state index contributed by atoms with van der Waals surface area (Å²) in [4.78, 5) is 180. The Labute approximate surface area is 660 Å². The predicted octanol–water partition coefficient (Wildman–Crippen LogP) is -9.76. The van der Waals surface area contributed by atoms with Crippen molar-refractivity contribution in [2.45, 2.75) is 241 Å². The molecule has 47 N–H and O–H groups in total. The second-order valence-corrected chi connectivity index (χ2v) is 26.6. The molecular formula is C66H133N37O10. The number of unbranched alkanes of at least 4 members (excludes halogenated alkanes) is 8. The van der Waals surface area contributed by atoms with Gasteiger partial charge >= 0.3 is 0 Å². The second kappa shape index (κ2) is 60.9. The third-order valence-corrected chi connectivity index (χ3v) is 16.8. The number of carbonyl (C=O) groups excluding carboxylic acids is 10. The largest absolute Gasteiger partial charge is 0.370 e. The molecule has 47 nitrogen and oxygen atoms in total. The molecule has 0 heterocycles. The van der Waals surface area contributed by atoms with Crippen molar-refractivity contribution in [3.05, 3.63) is 0 Å². The van der Waals surface area contributed by atoms with Crippen LogP contribution in [0.15, 0.2) is 44.9 Å². The van der Waals surface area contributed by atoms with Crippen LogP contribution in [-0.2, 0) is 47.9 Å². The van der Waals surface area contributed by atoms with Crippen LogP contribution in [0.25, 0.3) is 0 Å². The molecule has 0 radical (unpaired) electrons. The molecule has 9 atom stereocenters. The third-order valence-electron chi connectivity index (χ3n) is 16.8. The summed E-state index contributed by atoms with van der Waals surface area (Å²) in [6, 6.07) is -13.0. The van der Waals surface area contributed by atoms with Gasteiger partial charge in [-0.2, -0.15) is 0 Å². The van der Waals surface area contributed by atoms with Gasteiger partial charge in [0.2, 0.25) is 59.1 Å². The first-order chi connectivity index (χ1) is 53.6. The van der Waals surface area contributed by atoms with E-state index in [1.807, 2.05) is 0 Å². The quantitative estimate of drug-likeness (QED) is 0.0153. The van der Waals surface area contributed by atoms with Gasteiger partial charge in [-0.05, 0) is 122 Å².